The van der Waals surface area contributed by atoms with Gasteiger partial charge in [-0.1, -0.05) is 66.7 Å². The van der Waals surface area contributed by atoms with E-state index in [9.17, 15) is 0 Å². The number of hydrogen-bond acceptors (Lipinski definition) is 1. The first-order chi connectivity index (χ1) is 11.8. The van der Waals surface area contributed by atoms with Gasteiger partial charge in [0.15, 0.2) is 0 Å². The molecule has 0 saturated carbocycles. The molecule has 0 bridgehead atoms. The summed E-state index contributed by atoms with van der Waals surface area (Å²) >= 11 is 0.750. The van der Waals surface area contributed by atoms with Crippen molar-refractivity contribution in [2.75, 3.05) is 5.32 Å². The molecule has 0 unspecified atom stereocenters. The number of amidine groups is 1. The Bertz CT molecular complexity index is 726. The van der Waals surface area contributed by atoms with Crippen LogP contribution in [-0.2, 0) is 0 Å². The van der Waals surface area contributed by atoms with Gasteiger partial charge in [-0.25, -0.2) is 4.99 Å². The number of anilines is 1. The third-order valence-electron chi connectivity index (χ3n) is 3.08. The first-order valence-electron chi connectivity index (χ1n) is 8.08. The van der Waals surface area contributed by atoms with Gasteiger partial charge in [0.1, 0.15) is 5.84 Å². The van der Waals surface area contributed by atoms with Crippen LogP contribution in [-0.4, -0.2) is 21.1 Å². The molecule has 0 radical (unpaired) electrons. The van der Waals surface area contributed by atoms with Crippen molar-refractivity contribution in [1.29, 1.82) is 0 Å². The Balaban J connectivity index is 0.000000647. The Kier molecular flexibility index (Phi) is 7.83. The largest absolute Gasteiger partial charge is 0.340 e. The molecular formula is C21H22AlN2+. The third kappa shape index (κ3) is 6.04. The van der Waals surface area contributed by atoms with Crippen LogP contribution in [0, 0.1) is 0 Å². The zero-order valence-electron chi connectivity index (χ0n) is 14.2. The standard InChI is InChI=1S/C19H16N2.2CH3.Al/c1-4-10-16(11-5-1)19(20-17-12-6-2-7-13-17)21-18-14-8-3-9-15-18;;;/h1-15H,(H,20,21);2*1H3;/q;;;+1. The van der Waals surface area contributed by atoms with Crippen molar-refractivity contribution in [3.63, 3.8) is 0 Å². The van der Waals surface area contributed by atoms with E-state index in [4.69, 9.17) is 4.99 Å². The molecule has 0 atom stereocenters. The monoisotopic (exact) mass is 329 g/mol. The van der Waals surface area contributed by atoms with Crippen molar-refractivity contribution in [3.05, 3.63) is 96.6 Å². The number of nitrogens with one attached hydrogen (secondary N) is 1. The number of aliphatic imine (C=N–C) groups is 1. The zero-order valence-corrected chi connectivity index (χ0v) is 15.3. The molecule has 0 aliphatic rings. The van der Waals surface area contributed by atoms with E-state index >= 15 is 0 Å². The van der Waals surface area contributed by atoms with Crippen molar-refractivity contribution in [2.24, 2.45) is 4.99 Å². The minimum atomic E-state index is 0.750. The third-order valence-corrected chi connectivity index (χ3v) is 3.08. The van der Waals surface area contributed by atoms with Gasteiger partial charge in [0.2, 0.25) is 0 Å². The van der Waals surface area contributed by atoms with Crippen LogP contribution in [0.5, 0.6) is 0 Å². The van der Waals surface area contributed by atoms with Crippen LogP contribution in [0.2, 0.25) is 11.6 Å². The van der Waals surface area contributed by atoms with Gasteiger partial charge in [-0.05, 0) is 24.3 Å². The molecule has 0 fully saturated rings. The quantitative estimate of drug-likeness (QED) is 0.374. The molecule has 0 aromatic heterocycles. The van der Waals surface area contributed by atoms with Gasteiger partial charge in [0, 0.05) is 11.3 Å². The zero-order chi connectivity index (χ0) is 17.0. The second kappa shape index (κ2) is 10.4. The maximum Gasteiger partial charge on any atom is 0.138 e. The molecule has 2 nitrogen and oxygen atoms in total. The fraction of sp³-hybridized carbons (Fsp3) is 0.0952. The SMILES string of the molecule is [CH3][Al+][CH3].c1ccc(N=C(Nc2ccccc2)c2ccccc2)cc1. The van der Waals surface area contributed by atoms with Crippen LogP contribution in [0.1, 0.15) is 5.56 Å². The summed E-state index contributed by atoms with van der Waals surface area (Å²) < 4.78 is 0. The Morgan fingerprint density at radius 3 is 1.71 bits per heavy atom. The number of benzene rings is 3. The smallest absolute Gasteiger partial charge is 0.138 e. The van der Waals surface area contributed by atoms with E-state index in [0.717, 1.165) is 38.0 Å². The van der Waals surface area contributed by atoms with E-state index in [1.54, 1.807) is 0 Å². The van der Waals surface area contributed by atoms with Gasteiger partial charge in [0.05, 0.1) is 5.69 Å². The van der Waals surface area contributed by atoms with Crippen molar-refractivity contribution < 1.29 is 0 Å². The van der Waals surface area contributed by atoms with Crippen molar-refractivity contribution in [2.45, 2.75) is 11.6 Å². The molecule has 3 rings (SSSR count). The van der Waals surface area contributed by atoms with Crippen molar-refractivity contribution in [3.8, 4) is 0 Å². The van der Waals surface area contributed by atoms with Crippen molar-refractivity contribution >= 4 is 32.4 Å². The van der Waals surface area contributed by atoms with Gasteiger partial charge in [0.25, 0.3) is 0 Å². The summed E-state index contributed by atoms with van der Waals surface area (Å²) in [6, 6.07) is 30.2. The Morgan fingerprint density at radius 1 is 0.708 bits per heavy atom. The Labute approximate surface area is 151 Å². The average molecular weight is 329 g/mol. The first kappa shape index (κ1) is 18.0. The topological polar surface area (TPSA) is 24.4 Å². The van der Waals surface area contributed by atoms with E-state index < -0.39 is 0 Å². The summed E-state index contributed by atoms with van der Waals surface area (Å²) in [7, 11) is 0. The normalized spacial score (nSPS) is 10.2. The fourth-order valence-corrected chi connectivity index (χ4v) is 2.05. The number of hydrogen-bond donors (Lipinski definition) is 1. The Morgan fingerprint density at radius 2 is 1.17 bits per heavy atom. The molecule has 3 aromatic rings. The maximum absolute atomic E-state index is 4.73. The van der Waals surface area contributed by atoms with Crippen LogP contribution in [0.15, 0.2) is 96.0 Å². The molecule has 0 saturated heterocycles. The molecule has 0 spiro atoms. The molecule has 0 aliphatic carbocycles. The number of para-hydroxylation sites is 2. The minimum Gasteiger partial charge on any atom is -0.340 e. The van der Waals surface area contributed by atoms with Crippen LogP contribution < -0.4 is 5.32 Å². The van der Waals surface area contributed by atoms with Crippen LogP contribution in [0.3, 0.4) is 0 Å². The summed E-state index contributed by atoms with van der Waals surface area (Å²) in [4.78, 5) is 4.73. The molecule has 3 heteroatoms. The molecule has 3 aromatic carbocycles. The van der Waals surface area contributed by atoms with Crippen molar-refractivity contribution in [1.82, 2.24) is 0 Å². The summed E-state index contributed by atoms with van der Waals surface area (Å²) in [5.74, 6) is 5.26. The molecule has 0 amide bonds. The summed E-state index contributed by atoms with van der Waals surface area (Å²) in [5, 5.41) is 3.39. The molecule has 0 heterocycles. The molecular weight excluding hydrogens is 307 g/mol. The fourth-order valence-electron chi connectivity index (χ4n) is 2.05. The first-order valence-corrected chi connectivity index (χ1v) is 10.4. The second-order valence-corrected chi connectivity index (χ2v) is 6.39. The van der Waals surface area contributed by atoms with E-state index in [1.807, 2.05) is 78.9 Å². The van der Waals surface area contributed by atoms with Crippen LogP contribution in [0.4, 0.5) is 11.4 Å². The average Bonchev–Trinajstić information content (AvgIpc) is 2.64. The van der Waals surface area contributed by atoms with E-state index in [2.05, 4.69) is 29.0 Å². The summed E-state index contributed by atoms with van der Waals surface area (Å²) in [6.45, 7) is 0. The number of rotatable bonds is 3. The van der Waals surface area contributed by atoms with E-state index in [0.29, 0.717) is 0 Å². The maximum atomic E-state index is 4.73. The number of nitrogens with zero attached hydrogens (tertiary/aromatic N) is 1. The Hall–Kier alpha value is -2.34. The van der Waals surface area contributed by atoms with E-state index in [1.165, 1.54) is 0 Å². The molecule has 1 N–H and O–H groups in total. The predicted octanol–water partition coefficient (Wildman–Crippen LogP) is 5.66. The summed E-state index contributed by atoms with van der Waals surface area (Å²) in [5.41, 5.74) is 3.01. The second-order valence-electron chi connectivity index (χ2n) is 5.23. The van der Waals surface area contributed by atoms with Gasteiger partial charge < -0.3 is 5.32 Å². The molecule has 24 heavy (non-hydrogen) atoms. The van der Waals surface area contributed by atoms with Gasteiger partial charge in [-0.2, -0.15) is 0 Å². The van der Waals surface area contributed by atoms with E-state index in [-0.39, 0.29) is 0 Å². The van der Waals surface area contributed by atoms with Crippen LogP contribution >= 0.6 is 0 Å². The molecule has 0 aliphatic heterocycles. The van der Waals surface area contributed by atoms with Gasteiger partial charge in [-0.15, -0.1) is 0 Å². The van der Waals surface area contributed by atoms with Gasteiger partial charge >= 0.3 is 26.8 Å². The van der Waals surface area contributed by atoms with Crippen LogP contribution in [0.25, 0.3) is 0 Å². The van der Waals surface area contributed by atoms with Gasteiger partial charge in [-0.3, -0.25) is 0 Å². The minimum absolute atomic E-state index is 0.750. The molecule has 118 valence electrons. The summed E-state index contributed by atoms with van der Waals surface area (Å²) in [6.07, 6.45) is 0. The predicted molar refractivity (Wildman–Crippen MR) is 107 cm³/mol.